The van der Waals surface area contributed by atoms with Gasteiger partial charge in [-0.2, -0.15) is 10.1 Å². The highest BCUT2D eigenvalue weighted by Gasteiger charge is 2.22. The number of aromatic nitrogens is 3. The van der Waals surface area contributed by atoms with Crippen LogP contribution < -0.4 is 4.72 Å². The Labute approximate surface area is 122 Å². The van der Waals surface area contributed by atoms with Gasteiger partial charge in [-0.1, -0.05) is 0 Å². The molecule has 0 saturated carbocycles. The number of rotatable bonds is 4. The third kappa shape index (κ3) is 2.80. The van der Waals surface area contributed by atoms with E-state index in [0.717, 1.165) is 12.4 Å². The molecule has 0 spiro atoms. The lowest BCUT2D eigenvalue weighted by molar-refractivity contribution is 0.0696. The molecule has 0 unspecified atom stereocenters. The predicted octanol–water partition coefficient (Wildman–Crippen LogP) is 1.37. The number of carbonyl (C=O) groups is 1. The van der Waals surface area contributed by atoms with Crippen molar-refractivity contribution < 1.29 is 18.3 Å². The molecule has 106 valence electrons. The van der Waals surface area contributed by atoms with E-state index >= 15 is 0 Å². The fourth-order valence-electron chi connectivity index (χ4n) is 1.49. The van der Waals surface area contributed by atoms with Crippen molar-refractivity contribution in [3.63, 3.8) is 0 Å². The zero-order valence-electron chi connectivity index (χ0n) is 10.1. The van der Waals surface area contributed by atoms with Crippen LogP contribution in [0, 0.1) is 6.92 Å². The summed E-state index contributed by atoms with van der Waals surface area (Å²) < 4.78 is 26.9. The Morgan fingerprint density at radius 3 is 2.70 bits per heavy atom. The minimum Gasteiger partial charge on any atom is -0.478 e. The second-order valence-electron chi connectivity index (χ2n) is 3.85. The second-order valence-corrected chi connectivity index (χ2v) is 6.29. The van der Waals surface area contributed by atoms with Crippen molar-refractivity contribution in [3.05, 3.63) is 34.1 Å². The molecular formula is C10H9BrN4O4S. The van der Waals surface area contributed by atoms with E-state index in [0.29, 0.717) is 5.56 Å². The maximum atomic E-state index is 12.2. The molecule has 0 aliphatic carbocycles. The number of benzene rings is 1. The smallest absolute Gasteiger partial charge is 0.335 e. The molecule has 20 heavy (non-hydrogen) atoms. The molecule has 0 radical (unpaired) electrons. The molecule has 2 aromatic rings. The number of halogens is 1. The molecule has 1 heterocycles. The minimum atomic E-state index is -3.99. The lowest BCUT2D eigenvalue weighted by Crippen LogP contribution is -2.16. The largest absolute Gasteiger partial charge is 0.478 e. The second kappa shape index (κ2) is 5.21. The van der Waals surface area contributed by atoms with Gasteiger partial charge in [-0.15, -0.1) is 0 Å². The van der Waals surface area contributed by atoms with Crippen molar-refractivity contribution in [2.75, 3.05) is 4.72 Å². The normalized spacial score (nSPS) is 11.3. The SMILES string of the molecule is Cc1cc(C(=O)O)cc(S(=O)(=O)Nc2ncn[nH]2)c1Br. The molecule has 0 atom stereocenters. The number of hydrogen-bond donors (Lipinski definition) is 3. The number of hydrogen-bond acceptors (Lipinski definition) is 5. The van der Waals surface area contributed by atoms with Crippen molar-refractivity contribution in [1.82, 2.24) is 15.2 Å². The van der Waals surface area contributed by atoms with E-state index in [1.807, 2.05) is 0 Å². The van der Waals surface area contributed by atoms with Gasteiger partial charge in [0.1, 0.15) is 11.2 Å². The van der Waals surface area contributed by atoms with E-state index in [2.05, 4.69) is 35.8 Å². The monoisotopic (exact) mass is 360 g/mol. The molecule has 10 heteroatoms. The van der Waals surface area contributed by atoms with Crippen LogP contribution in [0.5, 0.6) is 0 Å². The van der Waals surface area contributed by atoms with E-state index < -0.39 is 16.0 Å². The summed E-state index contributed by atoms with van der Waals surface area (Å²) in [6.07, 6.45) is 1.14. The summed E-state index contributed by atoms with van der Waals surface area (Å²) >= 11 is 3.15. The van der Waals surface area contributed by atoms with Crippen LogP contribution in [0.2, 0.25) is 0 Å². The molecule has 8 nitrogen and oxygen atoms in total. The summed E-state index contributed by atoms with van der Waals surface area (Å²) in [5, 5.41) is 14.9. The van der Waals surface area contributed by atoms with Crippen molar-refractivity contribution in [3.8, 4) is 0 Å². The van der Waals surface area contributed by atoms with E-state index in [9.17, 15) is 13.2 Å². The molecule has 0 aliphatic heterocycles. The van der Waals surface area contributed by atoms with Crippen LogP contribution in [0.15, 0.2) is 27.8 Å². The maximum absolute atomic E-state index is 12.2. The predicted molar refractivity (Wildman–Crippen MR) is 73.0 cm³/mol. The first kappa shape index (κ1) is 14.5. The van der Waals surface area contributed by atoms with Crippen molar-refractivity contribution in [1.29, 1.82) is 0 Å². The Morgan fingerprint density at radius 2 is 2.15 bits per heavy atom. The van der Waals surface area contributed by atoms with E-state index in [4.69, 9.17) is 5.11 Å². The molecule has 1 aromatic heterocycles. The number of H-pyrrole nitrogens is 1. The van der Waals surface area contributed by atoms with Crippen molar-refractivity contribution in [2.24, 2.45) is 0 Å². The summed E-state index contributed by atoms with van der Waals surface area (Å²) in [6.45, 7) is 1.60. The lowest BCUT2D eigenvalue weighted by atomic mass is 10.1. The standard InChI is InChI=1S/C10H9BrN4O4S/c1-5-2-6(9(16)17)3-7(8(5)11)20(18,19)15-10-12-4-13-14-10/h2-4H,1H3,(H,16,17)(H2,12,13,14,15). The Kier molecular flexibility index (Phi) is 3.77. The topological polar surface area (TPSA) is 125 Å². The summed E-state index contributed by atoms with van der Waals surface area (Å²) in [5.74, 6) is -1.27. The Hall–Kier alpha value is -1.94. The molecule has 0 fully saturated rings. The van der Waals surface area contributed by atoms with Crippen molar-refractivity contribution >= 4 is 37.9 Å². The number of carboxylic acids is 1. The number of nitrogens with one attached hydrogen (secondary N) is 2. The van der Waals surface area contributed by atoms with Gasteiger partial charge in [0, 0.05) is 4.47 Å². The maximum Gasteiger partial charge on any atom is 0.335 e. The van der Waals surface area contributed by atoms with Crippen LogP contribution in [-0.4, -0.2) is 34.7 Å². The number of carboxylic acid groups (broad SMARTS) is 1. The molecule has 1 aromatic carbocycles. The zero-order valence-corrected chi connectivity index (χ0v) is 12.5. The lowest BCUT2D eigenvalue weighted by Gasteiger charge is -2.10. The van der Waals surface area contributed by atoms with Gasteiger partial charge in [0.2, 0.25) is 5.95 Å². The molecule has 0 amide bonds. The fourth-order valence-corrected chi connectivity index (χ4v) is 3.50. The molecular weight excluding hydrogens is 352 g/mol. The van der Waals surface area contributed by atoms with Gasteiger partial charge in [-0.05, 0) is 40.5 Å². The van der Waals surface area contributed by atoms with Crippen LogP contribution in [0.4, 0.5) is 5.95 Å². The number of aromatic carboxylic acids is 1. The fraction of sp³-hybridized carbons (Fsp3) is 0.100. The number of aryl methyl sites for hydroxylation is 1. The first-order chi connectivity index (χ1) is 9.31. The number of anilines is 1. The van der Waals surface area contributed by atoms with Gasteiger partial charge >= 0.3 is 5.97 Å². The summed E-state index contributed by atoms with van der Waals surface area (Å²) in [4.78, 5) is 14.5. The average Bonchev–Trinajstić information content (AvgIpc) is 2.83. The molecule has 0 saturated heterocycles. The first-order valence-corrected chi connectivity index (χ1v) is 7.50. The van der Waals surface area contributed by atoms with Gasteiger partial charge in [-0.3, -0.25) is 0 Å². The number of nitrogens with zero attached hydrogens (tertiary/aromatic N) is 2. The highest BCUT2D eigenvalue weighted by molar-refractivity contribution is 9.10. The molecule has 0 bridgehead atoms. The molecule has 3 N–H and O–H groups in total. The number of sulfonamides is 1. The van der Waals surface area contributed by atoms with Crippen LogP contribution in [0.3, 0.4) is 0 Å². The first-order valence-electron chi connectivity index (χ1n) is 5.23. The Bertz CT molecular complexity index is 758. The molecule has 0 aliphatic rings. The average molecular weight is 361 g/mol. The van der Waals surface area contributed by atoms with Gasteiger partial charge in [0.05, 0.1) is 5.56 Å². The third-order valence-corrected chi connectivity index (χ3v) is 5.08. The van der Waals surface area contributed by atoms with Gasteiger partial charge < -0.3 is 5.11 Å². The van der Waals surface area contributed by atoms with Crippen LogP contribution in [0.25, 0.3) is 0 Å². The van der Waals surface area contributed by atoms with Gasteiger partial charge in [0.15, 0.2) is 0 Å². The molecule has 2 rings (SSSR count). The van der Waals surface area contributed by atoms with Gasteiger partial charge in [-0.25, -0.2) is 23.0 Å². The van der Waals surface area contributed by atoms with Gasteiger partial charge in [0.25, 0.3) is 10.0 Å². The third-order valence-electron chi connectivity index (χ3n) is 2.40. The summed E-state index contributed by atoms with van der Waals surface area (Å²) in [5.41, 5.74) is 0.367. The highest BCUT2D eigenvalue weighted by Crippen LogP contribution is 2.28. The highest BCUT2D eigenvalue weighted by atomic mass is 79.9. The van der Waals surface area contributed by atoms with E-state index in [1.54, 1.807) is 6.92 Å². The minimum absolute atomic E-state index is 0.0599. The number of aromatic amines is 1. The summed E-state index contributed by atoms with van der Waals surface area (Å²) in [6, 6.07) is 2.44. The Balaban J connectivity index is 2.53. The quantitative estimate of drug-likeness (QED) is 0.755. The zero-order chi connectivity index (χ0) is 14.9. The summed E-state index contributed by atoms with van der Waals surface area (Å²) in [7, 11) is -3.99. The van der Waals surface area contributed by atoms with E-state index in [1.165, 1.54) is 6.07 Å². The Morgan fingerprint density at radius 1 is 1.45 bits per heavy atom. The van der Waals surface area contributed by atoms with Crippen LogP contribution in [-0.2, 0) is 10.0 Å². The van der Waals surface area contributed by atoms with Crippen molar-refractivity contribution in [2.45, 2.75) is 11.8 Å². The van der Waals surface area contributed by atoms with Crippen LogP contribution >= 0.6 is 15.9 Å². The van der Waals surface area contributed by atoms with E-state index in [-0.39, 0.29) is 20.9 Å². The van der Waals surface area contributed by atoms with Crippen LogP contribution in [0.1, 0.15) is 15.9 Å².